The maximum atomic E-state index is 14.6. The molecule has 2 fully saturated rings. The van der Waals surface area contributed by atoms with Crippen molar-refractivity contribution in [2.45, 2.75) is 107 Å². The first-order valence-electron chi connectivity index (χ1n) is 20.8. The van der Waals surface area contributed by atoms with Crippen molar-refractivity contribution < 1.29 is 33.9 Å². The number of hydrogen-bond donors (Lipinski definition) is 8. The number of rotatable bonds is 11. The van der Waals surface area contributed by atoms with Gasteiger partial charge in [-0.05, 0) is 68.3 Å². The van der Waals surface area contributed by atoms with E-state index in [-0.39, 0.29) is 25.8 Å². The Hall–Kier alpha value is -6.06. The molecule has 15 heteroatoms. The van der Waals surface area contributed by atoms with E-state index < -0.39 is 83.7 Å². The van der Waals surface area contributed by atoms with E-state index in [1.165, 1.54) is 11.8 Å². The predicted molar refractivity (Wildman–Crippen MR) is 226 cm³/mol. The molecule has 0 radical (unpaired) electrons. The number of aliphatic hydroxyl groups excluding tert-OH is 1. The second kappa shape index (κ2) is 20.3. The topological polar surface area (TPSA) is 228 Å². The van der Waals surface area contributed by atoms with Gasteiger partial charge in [-0.3, -0.25) is 28.8 Å². The summed E-state index contributed by atoms with van der Waals surface area (Å²) in [6.45, 7) is 3.69. The van der Waals surface area contributed by atoms with E-state index in [4.69, 9.17) is 5.73 Å². The number of H-pyrrole nitrogens is 1. The van der Waals surface area contributed by atoms with Crippen molar-refractivity contribution in [3.63, 3.8) is 0 Å². The van der Waals surface area contributed by atoms with Crippen LogP contribution in [-0.4, -0.2) is 106 Å². The number of benzene rings is 3. The summed E-state index contributed by atoms with van der Waals surface area (Å²) in [5.41, 5.74) is 8.83. The molecule has 0 spiro atoms. The number of aromatic amines is 1. The third-order valence-electron chi connectivity index (χ3n) is 11.5. The summed E-state index contributed by atoms with van der Waals surface area (Å²) in [5, 5.41) is 25.8. The molecule has 0 aliphatic carbocycles. The van der Waals surface area contributed by atoms with E-state index in [2.05, 4.69) is 31.6 Å². The zero-order chi connectivity index (χ0) is 42.8. The normalized spacial score (nSPS) is 24.6. The Morgan fingerprint density at radius 3 is 1.90 bits per heavy atom. The Kier molecular flexibility index (Phi) is 14.7. The minimum Gasteiger partial charge on any atom is -0.391 e. The molecule has 9 N–H and O–H groups in total. The highest BCUT2D eigenvalue weighted by molar-refractivity contribution is 5.99. The SMILES string of the molecule is C[C@H](c1c[nH]c2ccccc12)[C@@H]1NC(=O)[C@H](Cc2ccccc2)NC(=O)[C@@H]2CCCN2C(=O)[C@H](Cc2ccccc2)NC(=O)[C@H]([C@@H](C)O)NC(=O)[C@H](CCCCN)NC1=O. The zero-order valence-corrected chi connectivity index (χ0v) is 34.1. The van der Waals surface area contributed by atoms with Gasteiger partial charge in [0, 0.05) is 42.4 Å². The third kappa shape index (κ3) is 10.6. The molecule has 2 aliphatic rings. The molecule has 3 heterocycles. The van der Waals surface area contributed by atoms with Crippen molar-refractivity contribution in [3.05, 3.63) is 108 Å². The number of unbranched alkanes of at least 4 members (excludes halogenated alkanes) is 1. The van der Waals surface area contributed by atoms with E-state index in [9.17, 15) is 33.9 Å². The molecule has 2 aliphatic heterocycles. The van der Waals surface area contributed by atoms with Crippen LogP contribution in [0.15, 0.2) is 91.1 Å². The lowest BCUT2D eigenvalue weighted by molar-refractivity contribution is -0.143. The van der Waals surface area contributed by atoms with Crippen LogP contribution in [0.25, 0.3) is 10.9 Å². The summed E-state index contributed by atoms with van der Waals surface area (Å²) in [7, 11) is 0. The summed E-state index contributed by atoms with van der Waals surface area (Å²) in [6, 6.07) is 18.4. The average Bonchev–Trinajstić information content (AvgIpc) is 3.92. The lowest BCUT2D eigenvalue weighted by Crippen LogP contribution is -2.63. The van der Waals surface area contributed by atoms with Gasteiger partial charge in [-0.15, -0.1) is 0 Å². The molecule has 8 atom stereocenters. The van der Waals surface area contributed by atoms with Crippen LogP contribution in [-0.2, 0) is 41.6 Å². The standard InChI is InChI=1S/C45H56N8O7/c1-27(32-26-47-33-19-10-9-18-31(32)33)38-43(58)48-34(20-11-12-22-46)40(55)52-39(28(2)54)44(59)50-36(25-30-16-7-4-8-17-30)45(60)53-23-13-21-37(53)42(57)49-35(41(56)51-38)24-29-14-5-3-6-15-29/h3-10,14-19,26-28,34-39,47,54H,11-13,20-25,46H2,1-2H3,(H,48,58)(H,49,57)(H,50,59)(H,51,56)(H,52,55)/t27-,28-,34+,35+,36+,37+,38+,39+/m1/s1. The minimum atomic E-state index is -1.52. The quantitative estimate of drug-likeness (QED) is 0.104. The average molecular weight is 821 g/mol. The highest BCUT2D eigenvalue weighted by Crippen LogP contribution is 2.28. The van der Waals surface area contributed by atoms with E-state index in [1.807, 2.05) is 60.7 Å². The van der Waals surface area contributed by atoms with E-state index in [0.717, 1.165) is 27.6 Å². The number of carbonyl (C=O) groups is 6. The Morgan fingerprint density at radius 1 is 0.667 bits per heavy atom. The number of nitrogens with zero attached hydrogens (tertiary/aromatic N) is 1. The van der Waals surface area contributed by atoms with Crippen molar-refractivity contribution in [2.24, 2.45) is 5.73 Å². The van der Waals surface area contributed by atoms with Crippen molar-refractivity contribution in [3.8, 4) is 0 Å². The van der Waals surface area contributed by atoms with Crippen molar-refractivity contribution in [1.29, 1.82) is 0 Å². The first kappa shape index (κ1) is 43.5. The highest BCUT2D eigenvalue weighted by atomic mass is 16.3. The largest absolute Gasteiger partial charge is 0.391 e. The number of para-hydroxylation sites is 1. The molecular weight excluding hydrogens is 765 g/mol. The molecular formula is C45H56N8O7. The summed E-state index contributed by atoms with van der Waals surface area (Å²) < 4.78 is 0. The zero-order valence-electron chi connectivity index (χ0n) is 34.1. The van der Waals surface area contributed by atoms with Crippen LogP contribution in [0.2, 0.25) is 0 Å². The molecule has 4 aromatic rings. The number of aliphatic hydroxyl groups is 1. The fourth-order valence-electron chi connectivity index (χ4n) is 8.15. The summed E-state index contributed by atoms with van der Waals surface area (Å²) in [5.74, 6) is -4.60. The van der Waals surface area contributed by atoms with Crippen molar-refractivity contribution in [1.82, 2.24) is 36.5 Å². The summed E-state index contributed by atoms with van der Waals surface area (Å²) >= 11 is 0. The van der Waals surface area contributed by atoms with Crippen LogP contribution < -0.4 is 32.3 Å². The lowest BCUT2D eigenvalue weighted by Gasteiger charge is -2.33. The maximum absolute atomic E-state index is 14.6. The molecule has 15 nitrogen and oxygen atoms in total. The second-order valence-corrected chi connectivity index (χ2v) is 15.8. The second-order valence-electron chi connectivity index (χ2n) is 15.8. The molecule has 3 aromatic carbocycles. The van der Waals surface area contributed by atoms with Crippen LogP contribution in [0.5, 0.6) is 0 Å². The smallest absolute Gasteiger partial charge is 0.246 e. The minimum absolute atomic E-state index is 0.0591. The first-order chi connectivity index (χ1) is 28.9. The van der Waals surface area contributed by atoms with Gasteiger partial charge >= 0.3 is 0 Å². The van der Waals surface area contributed by atoms with Gasteiger partial charge in [0.15, 0.2) is 0 Å². The van der Waals surface area contributed by atoms with Gasteiger partial charge in [-0.1, -0.05) is 85.8 Å². The number of carbonyl (C=O) groups excluding carboxylic acids is 6. The van der Waals surface area contributed by atoms with Gasteiger partial charge in [-0.2, -0.15) is 0 Å². The number of aromatic nitrogens is 1. The number of nitrogens with one attached hydrogen (secondary N) is 6. The number of nitrogens with two attached hydrogens (primary N) is 1. The highest BCUT2D eigenvalue weighted by Gasteiger charge is 2.41. The molecule has 318 valence electrons. The molecule has 2 saturated heterocycles. The molecule has 60 heavy (non-hydrogen) atoms. The van der Waals surface area contributed by atoms with Gasteiger partial charge in [0.05, 0.1) is 6.10 Å². The van der Waals surface area contributed by atoms with Crippen LogP contribution in [0.3, 0.4) is 0 Å². The molecule has 0 bridgehead atoms. The fraction of sp³-hybridized carbons (Fsp3) is 0.422. The van der Waals surface area contributed by atoms with Gasteiger partial charge in [0.2, 0.25) is 35.4 Å². The van der Waals surface area contributed by atoms with Crippen molar-refractivity contribution in [2.75, 3.05) is 13.1 Å². The monoisotopic (exact) mass is 820 g/mol. The van der Waals surface area contributed by atoms with Crippen LogP contribution in [0.4, 0.5) is 0 Å². The Labute approximate surface area is 349 Å². The van der Waals surface area contributed by atoms with Crippen LogP contribution >= 0.6 is 0 Å². The van der Waals surface area contributed by atoms with Crippen LogP contribution in [0.1, 0.15) is 68.6 Å². The van der Waals surface area contributed by atoms with Gasteiger partial charge < -0.3 is 47.3 Å². The Balaban J connectivity index is 1.42. The fourth-order valence-corrected chi connectivity index (χ4v) is 8.15. The molecule has 6 amide bonds. The maximum Gasteiger partial charge on any atom is 0.246 e. The Bertz CT molecular complexity index is 2130. The number of fused-ring (bicyclic) bond motifs is 2. The Morgan fingerprint density at radius 2 is 1.23 bits per heavy atom. The van der Waals surface area contributed by atoms with Gasteiger partial charge in [0.25, 0.3) is 0 Å². The van der Waals surface area contributed by atoms with E-state index in [0.29, 0.717) is 32.2 Å². The number of hydrogen-bond acceptors (Lipinski definition) is 8. The van der Waals surface area contributed by atoms with E-state index in [1.54, 1.807) is 37.4 Å². The van der Waals surface area contributed by atoms with Gasteiger partial charge in [0.1, 0.15) is 36.3 Å². The predicted octanol–water partition coefficient (Wildman–Crippen LogP) is 1.70. The summed E-state index contributed by atoms with van der Waals surface area (Å²) in [4.78, 5) is 90.9. The van der Waals surface area contributed by atoms with Gasteiger partial charge in [-0.25, -0.2) is 0 Å². The van der Waals surface area contributed by atoms with E-state index >= 15 is 0 Å². The molecule has 6 rings (SSSR count). The number of amides is 6. The van der Waals surface area contributed by atoms with Crippen molar-refractivity contribution >= 4 is 46.3 Å². The summed E-state index contributed by atoms with van der Waals surface area (Å²) in [6.07, 6.45) is 2.40. The first-order valence-corrected chi connectivity index (χ1v) is 20.8. The molecule has 0 unspecified atom stereocenters. The molecule has 0 saturated carbocycles. The molecule has 1 aromatic heterocycles. The van der Waals surface area contributed by atoms with Crippen LogP contribution in [0, 0.1) is 0 Å². The lowest BCUT2D eigenvalue weighted by atomic mass is 9.91. The third-order valence-corrected chi connectivity index (χ3v) is 11.5.